The number of rotatable bonds is 4. The van der Waals surface area contributed by atoms with E-state index in [4.69, 9.17) is 0 Å². The highest BCUT2D eigenvalue weighted by atomic mass is 16.2. The number of nitrogens with zero attached hydrogens (tertiary/aromatic N) is 2. The second kappa shape index (κ2) is 6.73. The molecule has 1 saturated carbocycles. The number of hydrogen-bond acceptors (Lipinski definition) is 2. The summed E-state index contributed by atoms with van der Waals surface area (Å²) in [5, 5.41) is 0. The Morgan fingerprint density at radius 1 is 1.04 bits per heavy atom. The van der Waals surface area contributed by atoms with Crippen LogP contribution in [0.15, 0.2) is 30.3 Å². The Balaban J connectivity index is 1.49. The number of amides is 2. The lowest BCUT2D eigenvalue weighted by molar-refractivity contribution is -0.140. The first-order valence-electron chi connectivity index (χ1n) is 8.67. The molecule has 0 N–H and O–H groups in total. The smallest absolute Gasteiger partial charge is 0.226 e. The van der Waals surface area contributed by atoms with Crippen molar-refractivity contribution in [3.63, 3.8) is 0 Å². The minimum absolute atomic E-state index is 0.148. The Morgan fingerprint density at radius 2 is 1.65 bits per heavy atom. The van der Waals surface area contributed by atoms with Crippen LogP contribution in [0.25, 0.3) is 0 Å². The fraction of sp³-hybridized carbons (Fsp3) is 0.579. The van der Waals surface area contributed by atoms with Crippen LogP contribution in [-0.4, -0.2) is 47.8 Å². The summed E-state index contributed by atoms with van der Waals surface area (Å²) in [4.78, 5) is 28.6. The van der Waals surface area contributed by atoms with Crippen molar-refractivity contribution in [2.75, 3.05) is 26.2 Å². The van der Waals surface area contributed by atoms with Gasteiger partial charge in [0.05, 0.1) is 0 Å². The van der Waals surface area contributed by atoms with Crippen molar-refractivity contribution >= 4 is 11.8 Å². The minimum Gasteiger partial charge on any atom is -0.339 e. The van der Waals surface area contributed by atoms with E-state index < -0.39 is 0 Å². The van der Waals surface area contributed by atoms with Gasteiger partial charge in [0, 0.05) is 38.5 Å². The van der Waals surface area contributed by atoms with Gasteiger partial charge in [0.1, 0.15) is 0 Å². The van der Waals surface area contributed by atoms with Gasteiger partial charge in [-0.2, -0.15) is 0 Å². The summed E-state index contributed by atoms with van der Waals surface area (Å²) in [6.45, 7) is 6.85. The van der Waals surface area contributed by atoms with Crippen molar-refractivity contribution in [1.29, 1.82) is 0 Å². The largest absolute Gasteiger partial charge is 0.339 e. The van der Waals surface area contributed by atoms with Crippen molar-refractivity contribution < 1.29 is 9.59 Å². The van der Waals surface area contributed by atoms with Crippen LogP contribution in [0.1, 0.15) is 38.2 Å². The van der Waals surface area contributed by atoms with Crippen molar-refractivity contribution in [2.24, 2.45) is 11.8 Å². The fourth-order valence-corrected chi connectivity index (χ4v) is 3.43. The van der Waals surface area contributed by atoms with Gasteiger partial charge in [0.15, 0.2) is 0 Å². The third kappa shape index (κ3) is 3.74. The summed E-state index contributed by atoms with van der Waals surface area (Å²) in [5.41, 5.74) is 1.27. The van der Waals surface area contributed by atoms with Crippen LogP contribution in [-0.2, 0) is 9.59 Å². The summed E-state index contributed by atoms with van der Waals surface area (Å²) in [6, 6.07) is 10.3. The van der Waals surface area contributed by atoms with Gasteiger partial charge in [-0.1, -0.05) is 44.2 Å². The lowest BCUT2D eigenvalue weighted by Gasteiger charge is -2.35. The van der Waals surface area contributed by atoms with E-state index in [1.807, 2.05) is 28.0 Å². The molecule has 3 rings (SSSR count). The lowest BCUT2D eigenvalue weighted by atomic mass is 10.1. The van der Waals surface area contributed by atoms with Crippen molar-refractivity contribution in [2.45, 2.75) is 32.6 Å². The molecule has 2 amide bonds. The second-order valence-corrected chi connectivity index (χ2v) is 7.16. The summed E-state index contributed by atoms with van der Waals surface area (Å²) >= 11 is 0. The quantitative estimate of drug-likeness (QED) is 0.857. The minimum atomic E-state index is 0.148. The maximum Gasteiger partial charge on any atom is 0.226 e. The molecule has 0 radical (unpaired) electrons. The number of carbonyl (C=O) groups excluding carboxylic acids is 2. The van der Waals surface area contributed by atoms with Crippen LogP contribution in [0.4, 0.5) is 0 Å². The SMILES string of the molecule is CC(C)CC(=O)N1CCN(C(=O)C2CC2c2ccccc2)CC1. The van der Waals surface area contributed by atoms with E-state index in [9.17, 15) is 9.59 Å². The Labute approximate surface area is 138 Å². The maximum absolute atomic E-state index is 12.6. The zero-order valence-electron chi connectivity index (χ0n) is 14.1. The Morgan fingerprint density at radius 3 is 2.26 bits per heavy atom. The van der Waals surface area contributed by atoms with E-state index >= 15 is 0 Å². The van der Waals surface area contributed by atoms with Crippen LogP contribution in [0, 0.1) is 11.8 Å². The summed E-state index contributed by atoms with van der Waals surface area (Å²) < 4.78 is 0. The summed E-state index contributed by atoms with van der Waals surface area (Å²) in [6.07, 6.45) is 1.57. The molecule has 124 valence electrons. The Bertz CT molecular complexity index is 562. The molecule has 1 aromatic carbocycles. The van der Waals surface area contributed by atoms with E-state index in [-0.39, 0.29) is 17.7 Å². The van der Waals surface area contributed by atoms with Crippen LogP contribution in [0.2, 0.25) is 0 Å². The molecule has 2 unspecified atom stereocenters. The third-order valence-corrected chi connectivity index (χ3v) is 4.86. The molecule has 1 aliphatic carbocycles. The molecule has 23 heavy (non-hydrogen) atoms. The standard InChI is InChI=1S/C19H26N2O2/c1-14(2)12-18(22)20-8-10-21(11-9-20)19(23)17-13-16(17)15-6-4-3-5-7-15/h3-7,14,16-17H,8-13H2,1-2H3. The average Bonchev–Trinajstić information content (AvgIpc) is 3.35. The Hall–Kier alpha value is -1.84. The topological polar surface area (TPSA) is 40.6 Å². The molecule has 2 fully saturated rings. The lowest BCUT2D eigenvalue weighted by Crippen LogP contribution is -2.51. The fourth-order valence-electron chi connectivity index (χ4n) is 3.43. The average molecular weight is 314 g/mol. The molecular weight excluding hydrogens is 288 g/mol. The van der Waals surface area contributed by atoms with Gasteiger partial charge < -0.3 is 9.80 Å². The van der Waals surface area contributed by atoms with Gasteiger partial charge in [0.2, 0.25) is 11.8 Å². The van der Waals surface area contributed by atoms with Crippen LogP contribution in [0.3, 0.4) is 0 Å². The second-order valence-electron chi connectivity index (χ2n) is 7.16. The van der Waals surface area contributed by atoms with Crippen LogP contribution in [0.5, 0.6) is 0 Å². The molecule has 1 heterocycles. The van der Waals surface area contributed by atoms with Crippen molar-refractivity contribution in [3.05, 3.63) is 35.9 Å². The first kappa shape index (κ1) is 16.0. The monoisotopic (exact) mass is 314 g/mol. The van der Waals surface area contributed by atoms with Crippen LogP contribution < -0.4 is 0 Å². The zero-order chi connectivity index (χ0) is 16.4. The van der Waals surface area contributed by atoms with Gasteiger partial charge >= 0.3 is 0 Å². The molecule has 1 aromatic rings. The predicted molar refractivity (Wildman–Crippen MR) is 89.9 cm³/mol. The molecule has 2 atom stereocenters. The maximum atomic E-state index is 12.6. The molecule has 1 aliphatic heterocycles. The van der Waals surface area contributed by atoms with Gasteiger partial charge in [-0.3, -0.25) is 9.59 Å². The van der Waals surface area contributed by atoms with Crippen molar-refractivity contribution in [1.82, 2.24) is 9.80 Å². The number of piperazine rings is 1. The normalized spacial score (nSPS) is 24.0. The van der Waals surface area contributed by atoms with Gasteiger partial charge in [-0.25, -0.2) is 0 Å². The van der Waals surface area contributed by atoms with Gasteiger partial charge in [-0.15, -0.1) is 0 Å². The highest BCUT2D eigenvalue weighted by Crippen LogP contribution is 2.48. The van der Waals surface area contributed by atoms with E-state index in [1.165, 1.54) is 5.56 Å². The Kier molecular flexibility index (Phi) is 4.69. The van der Waals surface area contributed by atoms with E-state index in [2.05, 4.69) is 26.0 Å². The molecule has 0 bridgehead atoms. The van der Waals surface area contributed by atoms with Gasteiger partial charge in [-0.05, 0) is 23.8 Å². The number of benzene rings is 1. The van der Waals surface area contributed by atoms with Crippen molar-refractivity contribution in [3.8, 4) is 0 Å². The molecule has 1 saturated heterocycles. The zero-order valence-corrected chi connectivity index (χ0v) is 14.1. The summed E-state index contributed by atoms with van der Waals surface area (Å²) in [7, 11) is 0. The van der Waals surface area contributed by atoms with E-state index in [0.29, 0.717) is 44.4 Å². The third-order valence-electron chi connectivity index (χ3n) is 4.86. The molecule has 0 spiro atoms. The van der Waals surface area contributed by atoms with Crippen LogP contribution >= 0.6 is 0 Å². The van der Waals surface area contributed by atoms with Gasteiger partial charge in [0.25, 0.3) is 0 Å². The van der Waals surface area contributed by atoms with E-state index in [1.54, 1.807) is 0 Å². The first-order valence-corrected chi connectivity index (χ1v) is 8.67. The predicted octanol–water partition coefficient (Wildman–Crippen LogP) is 2.51. The van der Waals surface area contributed by atoms with E-state index in [0.717, 1.165) is 6.42 Å². The molecule has 2 aliphatic rings. The molecule has 4 heteroatoms. The summed E-state index contributed by atoms with van der Waals surface area (Å²) in [5.74, 6) is 1.43. The molecule has 4 nitrogen and oxygen atoms in total. The number of hydrogen-bond donors (Lipinski definition) is 0. The molecule has 0 aromatic heterocycles. The molecular formula is C19H26N2O2. The first-order chi connectivity index (χ1) is 11.1. The number of carbonyl (C=O) groups is 2. The highest BCUT2D eigenvalue weighted by Gasteiger charge is 2.46. The highest BCUT2D eigenvalue weighted by molar-refractivity contribution is 5.83.